The van der Waals surface area contributed by atoms with Gasteiger partial charge in [-0.1, -0.05) is 36.4 Å². The molecule has 0 spiro atoms. The first-order valence-corrected chi connectivity index (χ1v) is 9.99. The summed E-state index contributed by atoms with van der Waals surface area (Å²) < 4.78 is 5.66. The van der Waals surface area contributed by atoms with Crippen molar-refractivity contribution in [1.82, 2.24) is 25.5 Å². The van der Waals surface area contributed by atoms with E-state index >= 15 is 0 Å². The number of anilines is 2. The first-order valence-electron chi connectivity index (χ1n) is 9.99. The maximum absolute atomic E-state index is 12.7. The van der Waals surface area contributed by atoms with Crippen molar-refractivity contribution < 1.29 is 9.53 Å². The lowest BCUT2D eigenvalue weighted by Gasteiger charge is -2.22. The van der Waals surface area contributed by atoms with Crippen LogP contribution in [0.5, 0.6) is 0 Å². The van der Waals surface area contributed by atoms with Gasteiger partial charge in [0.15, 0.2) is 17.3 Å². The lowest BCUT2D eigenvalue weighted by Crippen LogP contribution is -2.34. The monoisotopic (exact) mass is 404 g/mol. The van der Waals surface area contributed by atoms with E-state index in [4.69, 9.17) is 4.74 Å². The largest absolute Gasteiger partial charge is 0.458 e. The van der Waals surface area contributed by atoms with E-state index < -0.39 is 5.97 Å². The van der Waals surface area contributed by atoms with Gasteiger partial charge in [0.05, 0.1) is 0 Å². The number of rotatable bonds is 6. The summed E-state index contributed by atoms with van der Waals surface area (Å²) in [6.45, 7) is 3.60. The molecule has 0 radical (unpaired) electrons. The smallest absolute Gasteiger partial charge is 0.357 e. The van der Waals surface area contributed by atoms with Gasteiger partial charge in [0.1, 0.15) is 11.9 Å². The molecule has 0 bridgehead atoms. The van der Waals surface area contributed by atoms with Gasteiger partial charge in [-0.05, 0) is 44.5 Å². The first-order chi connectivity index (χ1) is 14.7. The molecular formula is C22H24N6O2. The molecule has 8 heteroatoms. The van der Waals surface area contributed by atoms with E-state index in [-0.39, 0.29) is 11.8 Å². The van der Waals surface area contributed by atoms with E-state index in [1.54, 1.807) is 12.1 Å². The third kappa shape index (κ3) is 5.30. The molecule has 0 amide bonds. The number of hydrogen-bond donors (Lipinski definition) is 3. The van der Waals surface area contributed by atoms with Gasteiger partial charge in [-0.3, -0.25) is 5.10 Å². The Hall–Kier alpha value is -3.52. The number of nitrogens with one attached hydrogen (secondary N) is 3. The number of hydrogen-bond acceptors (Lipinski definition) is 7. The van der Waals surface area contributed by atoms with Crippen molar-refractivity contribution in [3.05, 3.63) is 65.2 Å². The zero-order valence-electron chi connectivity index (χ0n) is 16.8. The highest BCUT2D eigenvalue weighted by molar-refractivity contribution is 5.88. The van der Waals surface area contributed by atoms with Gasteiger partial charge in [0, 0.05) is 17.8 Å². The molecule has 4 rings (SSSR count). The number of benzene rings is 1. The molecule has 1 aliphatic rings. The number of ether oxygens (including phenoxy) is 1. The van der Waals surface area contributed by atoms with Crippen LogP contribution < -0.4 is 10.6 Å². The Balaban J connectivity index is 1.59. The number of aryl methyl sites for hydroxylation is 1. The van der Waals surface area contributed by atoms with Crippen LogP contribution in [0.15, 0.2) is 42.5 Å². The molecule has 2 aromatic heterocycles. The number of piperidine rings is 1. The van der Waals surface area contributed by atoms with Gasteiger partial charge in [-0.2, -0.15) is 5.10 Å². The van der Waals surface area contributed by atoms with E-state index in [2.05, 4.69) is 30.8 Å². The topological polar surface area (TPSA) is 105 Å². The summed E-state index contributed by atoms with van der Waals surface area (Å²) in [7, 11) is 0. The molecule has 3 N–H and O–H groups in total. The van der Waals surface area contributed by atoms with Gasteiger partial charge < -0.3 is 15.4 Å². The van der Waals surface area contributed by atoms with Gasteiger partial charge >= 0.3 is 5.97 Å². The number of carbonyl (C=O) groups is 1. The number of aromatic nitrogens is 4. The van der Waals surface area contributed by atoms with E-state index in [0.29, 0.717) is 17.5 Å². The van der Waals surface area contributed by atoms with Crippen LogP contribution in [0.2, 0.25) is 0 Å². The second-order valence-electron chi connectivity index (χ2n) is 7.16. The van der Waals surface area contributed by atoms with Crippen molar-refractivity contribution in [2.24, 2.45) is 0 Å². The summed E-state index contributed by atoms with van der Waals surface area (Å²) in [6, 6.07) is 13.3. The Labute approximate surface area is 174 Å². The third-order valence-corrected chi connectivity index (χ3v) is 4.70. The number of esters is 1. The molecule has 0 aliphatic carbocycles. The Morgan fingerprint density at radius 1 is 1.10 bits per heavy atom. The Kier molecular flexibility index (Phi) is 6.14. The average molecular weight is 404 g/mol. The predicted octanol–water partition coefficient (Wildman–Crippen LogP) is 3.33. The summed E-state index contributed by atoms with van der Waals surface area (Å²) in [5.41, 5.74) is 2.15. The zero-order chi connectivity index (χ0) is 20.8. The third-order valence-electron chi connectivity index (χ3n) is 4.70. The van der Waals surface area contributed by atoms with Crippen LogP contribution in [0.3, 0.4) is 0 Å². The van der Waals surface area contributed by atoms with Crippen LogP contribution in [0, 0.1) is 6.92 Å². The summed E-state index contributed by atoms with van der Waals surface area (Å²) in [5.74, 6) is 1.05. The van der Waals surface area contributed by atoms with Crippen LogP contribution in [0.4, 0.5) is 11.6 Å². The van der Waals surface area contributed by atoms with E-state index in [1.165, 1.54) is 0 Å². The minimum Gasteiger partial charge on any atom is -0.458 e. The fourth-order valence-corrected chi connectivity index (χ4v) is 3.18. The molecule has 1 aliphatic heterocycles. The minimum absolute atomic E-state index is 0.0950. The molecular weight excluding hydrogens is 380 g/mol. The number of H-pyrrole nitrogens is 1. The Morgan fingerprint density at radius 3 is 2.63 bits per heavy atom. The van der Waals surface area contributed by atoms with Gasteiger partial charge in [-0.15, -0.1) is 0 Å². The van der Waals surface area contributed by atoms with Crippen LogP contribution >= 0.6 is 0 Å². The summed E-state index contributed by atoms with van der Waals surface area (Å²) >= 11 is 0. The molecule has 3 aromatic rings. The van der Waals surface area contributed by atoms with Crippen LogP contribution in [0.25, 0.3) is 12.2 Å². The molecule has 3 heterocycles. The van der Waals surface area contributed by atoms with Crippen molar-refractivity contribution >= 4 is 29.8 Å². The normalized spacial score (nSPS) is 14.7. The molecule has 0 saturated carbocycles. The van der Waals surface area contributed by atoms with Crippen molar-refractivity contribution in [3.8, 4) is 0 Å². The second-order valence-corrected chi connectivity index (χ2v) is 7.16. The van der Waals surface area contributed by atoms with Crippen molar-refractivity contribution in [1.29, 1.82) is 0 Å². The fourth-order valence-electron chi connectivity index (χ4n) is 3.18. The minimum atomic E-state index is -0.445. The highest BCUT2D eigenvalue weighted by Crippen LogP contribution is 2.17. The van der Waals surface area contributed by atoms with E-state index in [1.807, 2.05) is 49.4 Å². The van der Waals surface area contributed by atoms with E-state index in [9.17, 15) is 4.79 Å². The molecule has 0 atom stereocenters. The Morgan fingerprint density at radius 2 is 1.90 bits per heavy atom. The van der Waals surface area contributed by atoms with E-state index in [0.717, 1.165) is 37.2 Å². The molecule has 1 saturated heterocycles. The maximum atomic E-state index is 12.7. The van der Waals surface area contributed by atoms with Gasteiger partial charge in [0.25, 0.3) is 0 Å². The van der Waals surface area contributed by atoms with Gasteiger partial charge in [-0.25, -0.2) is 14.8 Å². The standard InChI is InChI=1S/C22H24N6O2/c1-15-13-21(28-27-15)26-20-14-18(22(29)30-17-9-11-23-12-10-17)24-19(25-20)8-7-16-5-3-2-4-6-16/h2-8,13-14,17,23H,9-12H2,1H3,(H2,24,25,26,27,28)/b8-7+. The van der Waals surface area contributed by atoms with Crippen LogP contribution in [-0.4, -0.2) is 45.3 Å². The lowest BCUT2D eigenvalue weighted by atomic mass is 10.1. The first kappa shape index (κ1) is 19.8. The second kappa shape index (κ2) is 9.32. The quantitative estimate of drug-likeness (QED) is 0.541. The van der Waals surface area contributed by atoms with Crippen LogP contribution in [-0.2, 0) is 4.74 Å². The van der Waals surface area contributed by atoms with Crippen LogP contribution in [0.1, 0.15) is 40.4 Å². The molecule has 0 unspecified atom stereocenters. The maximum Gasteiger partial charge on any atom is 0.357 e. The number of carbonyl (C=O) groups excluding carboxylic acids is 1. The SMILES string of the molecule is Cc1cc(Nc2cc(C(=O)OC3CCNCC3)nc(/C=C/c3ccccc3)n2)n[nH]1. The molecule has 1 aromatic carbocycles. The average Bonchev–Trinajstić information content (AvgIpc) is 3.18. The summed E-state index contributed by atoms with van der Waals surface area (Å²) in [5, 5.41) is 13.4. The Bertz CT molecular complexity index is 1030. The zero-order valence-corrected chi connectivity index (χ0v) is 16.8. The molecule has 154 valence electrons. The predicted molar refractivity (Wildman–Crippen MR) is 115 cm³/mol. The number of aromatic amines is 1. The summed E-state index contributed by atoms with van der Waals surface area (Å²) in [6.07, 6.45) is 5.18. The van der Waals surface area contributed by atoms with Crippen molar-refractivity contribution in [3.63, 3.8) is 0 Å². The lowest BCUT2D eigenvalue weighted by molar-refractivity contribution is 0.0222. The molecule has 8 nitrogen and oxygen atoms in total. The van der Waals surface area contributed by atoms with Gasteiger partial charge in [0.2, 0.25) is 0 Å². The van der Waals surface area contributed by atoms with Crippen molar-refractivity contribution in [2.45, 2.75) is 25.9 Å². The summed E-state index contributed by atoms with van der Waals surface area (Å²) in [4.78, 5) is 21.6. The number of nitrogens with zero attached hydrogens (tertiary/aromatic N) is 3. The van der Waals surface area contributed by atoms with Crippen molar-refractivity contribution in [2.75, 3.05) is 18.4 Å². The fraction of sp³-hybridized carbons (Fsp3) is 0.273. The molecule has 30 heavy (non-hydrogen) atoms. The molecule has 1 fully saturated rings. The highest BCUT2D eigenvalue weighted by atomic mass is 16.5. The highest BCUT2D eigenvalue weighted by Gasteiger charge is 2.20.